The molecule has 0 radical (unpaired) electrons. The summed E-state index contributed by atoms with van der Waals surface area (Å²) < 4.78 is 5.37. The zero-order valence-electron chi connectivity index (χ0n) is 9.76. The molecule has 0 aliphatic carbocycles. The Morgan fingerprint density at radius 3 is 2.71 bits per heavy atom. The van der Waals surface area contributed by atoms with E-state index in [-0.39, 0.29) is 11.8 Å². The SMILES string of the molecule is CC(N)Cc1coc(Cc2ccc(O)cc2)n1. The van der Waals surface area contributed by atoms with Crippen molar-refractivity contribution in [2.75, 3.05) is 0 Å². The summed E-state index contributed by atoms with van der Waals surface area (Å²) in [5, 5.41) is 9.17. The maximum atomic E-state index is 9.17. The third-order valence-corrected chi connectivity index (χ3v) is 2.42. The van der Waals surface area contributed by atoms with E-state index in [2.05, 4.69) is 4.98 Å². The van der Waals surface area contributed by atoms with E-state index in [4.69, 9.17) is 10.2 Å². The van der Waals surface area contributed by atoms with Gasteiger partial charge in [-0.15, -0.1) is 0 Å². The molecule has 1 unspecified atom stereocenters. The highest BCUT2D eigenvalue weighted by Crippen LogP contribution is 2.14. The molecule has 2 rings (SSSR count). The number of nitrogens with zero attached hydrogens (tertiary/aromatic N) is 1. The van der Waals surface area contributed by atoms with Gasteiger partial charge in [0.2, 0.25) is 0 Å². The molecule has 1 heterocycles. The van der Waals surface area contributed by atoms with Crippen molar-refractivity contribution in [3.63, 3.8) is 0 Å². The highest BCUT2D eigenvalue weighted by molar-refractivity contribution is 5.27. The quantitative estimate of drug-likeness (QED) is 0.844. The summed E-state index contributed by atoms with van der Waals surface area (Å²) in [4.78, 5) is 4.36. The number of aromatic hydroxyl groups is 1. The standard InChI is InChI=1S/C13H16N2O2/c1-9(14)6-11-8-17-13(15-11)7-10-2-4-12(16)5-3-10/h2-5,8-9,16H,6-7,14H2,1H3. The molecule has 1 atom stereocenters. The Bertz CT molecular complexity index is 474. The molecular weight excluding hydrogens is 216 g/mol. The molecule has 1 aromatic heterocycles. The number of oxazole rings is 1. The molecule has 0 aliphatic rings. The smallest absolute Gasteiger partial charge is 0.198 e. The summed E-state index contributed by atoms with van der Waals surface area (Å²) in [5.41, 5.74) is 7.63. The largest absolute Gasteiger partial charge is 0.508 e. The monoisotopic (exact) mass is 232 g/mol. The Kier molecular flexibility index (Phi) is 3.44. The first-order chi connectivity index (χ1) is 8.13. The molecule has 0 bridgehead atoms. The van der Waals surface area contributed by atoms with Gasteiger partial charge in [-0.1, -0.05) is 12.1 Å². The molecule has 4 nitrogen and oxygen atoms in total. The predicted octanol–water partition coefficient (Wildman–Crippen LogP) is 1.86. The Labute approximate surface area is 100 Å². The number of benzene rings is 1. The lowest BCUT2D eigenvalue weighted by Crippen LogP contribution is -2.17. The molecule has 17 heavy (non-hydrogen) atoms. The Morgan fingerprint density at radius 2 is 2.06 bits per heavy atom. The molecular formula is C13H16N2O2. The lowest BCUT2D eigenvalue weighted by Gasteiger charge is -1.99. The number of phenols is 1. The zero-order valence-corrected chi connectivity index (χ0v) is 9.76. The van der Waals surface area contributed by atoms with Gasteiger partial charge in [0.05, 0.1) is 5.69 Å². The molecule has 0 saturated heterocycles. The van der Waals surface area contributed by atoms with Crippen LogP contribution in [0.25, 0.3) is 0 Å². The van der Waals surface area contributed by atoms with Crippen LogP contribution in [0.15, 0.2) is 34.9 Å². The van der Waals surface area contributed by atoms with Crippen LogP contribution in [-0.2, 0) is 12.8 Å². The second-order valence-corrected chi connectivity index (χ2v) is 4.26. The van der Waals surface area contributed by atoms with Gasteiger partial charge in [-0.05, 0) is 24.6 Å². The van der Waals surface area contributed by atoms with Crippen molar-refractivity contribution >= 4 is 0 Å². The Hall–Kier alpha value is -1.81. The predicted molar refractivity (Wildman–Crippen MR) is 64.8 cm³/mol. The van der Waals surface area contributed by atoms with Gasteiger partial charge in [0.15, 0.2) is 5.89 Å². The van der Waals surface area contributed by atoms with Crippen LogP contribution in [-0.4, -0.2) is 16.1 Å². The molecule has 90 valence electrons. The Balaban J connectivity index is 2.03. The minimum Gasteiger partial charge on any atom is -0.508 e. The molecule has 4 heteroatoms. The van der Waals surface area contributed by atoms with Gasteiger partial charge < -0.3 is 15.3 Å². The lowest BCUT2D eigenvalue weighted by molar-refractivity contribution is 0.474. The van der Waals surface area contributed by atoms with Crippen molar-refractivity contribution in [1.29, 1.82) is 0 Å². The first-order valence-corrected chi connectivity index (χ1v) is 5.60. The average molecular weight is 232 g/mol. The molecule has 0 aliphatic heterocycles. The van der Waals surface area contributed by atoms with Crippen LogP contribution in [0.4, 0.5) is 0 Å². The summed E-state index contributed by atoms with van der Waals surface area (Å²) in [6, 6.07) is 7.10. The summed E-state index contributed by atoms with van der Waals surface area (Å²) in [6.45, 7) is 1.94. The van der Waals surface area contributed by atoms with E-state index in [9.17, 15) is 5.11 Å². The zero-order chi connectivity index (χ0) is 12.3. The van der Waals surface area contributed by atoms with Crippen molar-refractivity contribution in [3.05, 3.63) is 47.7 Å². The second kappa shape index (κ2) is 5.01. The molecule has 2 aromatic rings. The van der Waals surface area contributed by atoms with Gasteiger partial charge >= 0.3 is 0 Å². The van der Waals surface area contributed by atoms with E-state index in [1.54, 1.807) is 18.4 Å². The van der Waals surface area contributed by atoms with E-state index in [0.717, 1.165) is 17.7 Å². The van der Waals surface area contributed by atoms with Crippen LogP contribution < -0.4 is 5.73 Å². The van der Waals surface area contributed by atoms with E-state index < -0.39 is 0 Å². The van der Waals surface area contributed by atoms with Crippen molar-refractivity contribution in [2.24, 2.45) is 5.73 Å². The van der Waals surface area contributed by atoms with E-state index in [0.29, 0.717) is 12.3 Å². The normalized spacial score (nSPS) is 12.6. The fourth-order valence-corrected chi connectivity index (χ4v) is 1.64. The molecule has 0 spiro atoms. The van der Waals surface area contributed by atoms with Crippen LogP contribution in [0, 0.1) is 0 Å². The molecule has 0 amide bonds. The molecule has 0 fully saturated rings. The minimum atomic E-state index is 0.0848. The number of rotatable bonds is 4. The molecule has 3 N–H and O–H groups in total. The lowest BCUT2D eigenvalue weighted by atomic mass is 10.1. The van der Waals surface area contributed by atoms with Gasteiger partial charge in [-0.2, -0.15) is 0 Å². The second-order valence-electron chi connectivity index (χ2n) is 4.26. The van der Waals surface area contributed by atoms with Crippen LogP contribution >= 0.6 is 0 Å². The van der Waals surface area contributed by atoms with Crippen molar-refractivity contribution in [3.8, 4) is 5.75 Å². The van der Waals surface area contributed by atoms with Crippen LogP contribution in [0.2, 0.25) is 0 Å². The first-order valence-electron chi connectivity index (χ1n) is 5.60. The van der Waals surface area contributed by atoms with E-state index in [1.807, 2.05) is 19.1 Å². The van der Waals surface area contributed by atoms with Crippen molar-refractivity contribution < 1.29 is 9.52 Å². The minimum absolute atomic E-state index is 0.0848. The summed E-state index contributed by atoms with van der Waals surface area (Å²) >= 11 is 0. The summed E-state index contributed by atoms with van der Waals surface area (Å²) in [7, 11) is 0. The van der Waals surface area contributed by atoms with Gasteiger partial charge in [-0.3, -0.25) is 0 Å². The first kappa shape index (κ1) is 11.7. The van der Waals surface area contributed by atoms with Crippen LogP contribution in [0.1, 0.15) is 24.1 Å². The Morgan fingerprint density at radius 1 is 1.35 bits per heavy atom. The maximum absolute atomic E-state index is 9.17. The van der Waals surface area contributed by atoms with Gasteiger partial charge in [-0.25, -0.2) is 4.98 Å². The molecule has 0 saturated carbocycles. The van der Waals surface area contributed by atoms with Crippen molar-refractivity contribution in [2.45, 2.75) is 25.8 Å². The molecule has 1 aromatic carbocycles. The fraction of sp³-hybridized carbons (Fsp3) is 0.308. The van der Waals surface area contributed by atoms with Gasteiger partial charge in [0.1, 0.15) is 12.0 Å². The average Bonchev–Trinajstić information content (AvgIpc) is 2.68. The summed E-state index contributed by atoms with van der Waals surface area (Å²) in [6.07, 6.45) is 3.00. The van der Waals surface area contributed by atoms with Crippen molar-refractivity contribution in [1.82, 2.24) is 4.98 Å². The number of aromatic nitrogens is 1. The highest BCUT2D eigenvalue weighted by atomic mass is 16.3. The fourth-order valence-electron chi connectivity index (χ4n) is 1.64. The third kappa shape index (κ3) is 3.32. The van der Waals surface area contributed by atoms with Crippen LogP contribution in [0.3, 0.4) is 0 Å². The van der Waals surface area contributed by atoms with E-state index >= 15 is 0 Å². The van der Waals surface area contributed by atoms with Crippen LogP contribution in [0.5, 0.6) is 5.75 Å². The summed E-state index contributed by atoms with van der Waals surface area (Å²) in [5.74, 6) is 0.935. The number of hydrogen-bond donors (Lipinski definition) is 2. The third-order valence-electron chi connectivity index (χ3n) is 2.42. The number of phenolic OH excluding ortho intramolecular Hbond substituents is 1. The maximum Gasteiger partial charge on any atom is 0.198 e. The topological polar surface area (TPSA) is 72.3 Å². The highest BCUT2D eigenvalue weighted by Gasteiger charge is 2.06. The van der Waals surface area contributed by atoms with Gasteiger partial charge in [0, 0.05) is 18.9 Å². The van der Waals surface area contributed by atoms with E-state index in [1.165, 1.54) is 0 Å². The van der Waals surface area contributed by atoms with Gasteiger partial charge in [0.25, 0.3) is 0 Å². The number of hydrogen-bond acceptors (Lipinski definition) is 4. The number of nitrogens with two attached hydrogens (primary N) is 1.